The Morgan fingerprint density at radius 3 is 2.31 bits per heavy atom. The highest BCUT2D eigenvalue weighted by molar-refractivity contribution is 5.79. The number of carbonyl (C=O) groups is 1. The summed E-state index contributed by atoms with van der Waals surface area (Å²) in [6.07, 6.45) is 2.32. The fourth-order valence-electron chi connectivity index (χ4n) is 2.68. The Balaban J connectivity index is 1.92. The van der Waals surface area contributed by atoms with Crippen molar-refractivity contribution in [2.24, 2.45) is 5.92 Å². The van der Waals surface area contributed by atoms with Crippen LogP contribution in [0.5, 0.6) is 0 Å². The fraction of sp³-hybridized carbons (Fsp3) is 0.917. The van der Waals surface area contributed by atoms with E-state index in [1.165, 1.54) is 0 Å². The molecule has 0 saturated carbocycles. The van der Waals surface area contributed by atoms with E-state index in [4.69, 9.17) is 4.74 Å². The van der Waals surface area contributed by atoms with Crippen LogP contribution in [0.15, 0.2) is 0 Å². The molecule has 0 aromatic carbocycles. The summed E-state index contributed by atoms with van der Waals surface area (Å²) in [6, 6.07) is 0. The molecule has 2 fully saturated rings. The minimum Gasteiger partial charge on any atom is -0.372 e. The summed E-state index contributed by atoms with van der Waals surface area (Å²) in [7, 11) is 0. The molecule has 1 amide bonds. The van der Waals surface area contributed by atoms with Gasteiger partial charge in [-0.05, 0) is 39.8 Å². The van der Waals surface area contributed by atoms with Crippen LogP contribution in [-0.2, 0) is 9.53 Å². The van der Waals surface area contributed by atoms with Gasteiger partial charge in [0.2, 0.25) is 5.91 Å². The average molecular weight is 226 g/mol. The summed E-state index contributed by atoms with van der Waals surface area (Å²) in [5.41, 5.74) is 0. The molecule has 4 heteroatoms. The van der Waals surface area contributed by atoms with Crippen molar-refractivity contribution in [2.45, 2.75) is 38.9 Å². The first kappa shape index (κ1) is 11.9. The molecule has 0 bridgehead atoms. The lowest BCUT2D eigenvalue weighted by atomic mass is 9.96. The summed E-state index contributed by atoms with van der Waals surface area (Å²) in [5.74, 6) is 0.572. The Bertz CT molecular complexity index is 241. The average Bonchev–Trinajstić information content (AvgIpc) is 2.28. The molecular formula is C12H22N2O2. The van der Waals surface area contributed by atoms with Gasteiger partial charge in [0.05, 0.1) is 12.2 Å². The first-order valence-corrected chi connectivity index (χ1v) is 6.32. The molecule has 2 aliphatic heterocycles. The van der Waals surface area contributed by atoms with Gasteiger partial charge in [0.25, 0.3) is 0 Å². The molecule has 2 heterocycles. The maximum Gasteiger partial charge on any atom is 0.225 e. The molecule has 0 unspecified atom stereocenters. The largest absolute Gasteiger partial charge is 0.372 e. The zero-order chi connectivity index (χ0) is 11.5. The van der Waals surface area contributed by atoms with Crippen molar-refractivity contribution in [1.82, 2.24) is 10.2 Å². The molecule has 92 valence electrons. The number of carbonyl (C=O) groups excluding carboxylic acids is 1. The van der Waals surface area contributed by atoms with Crippen molar-refractivity contribution in [2.75, 3.05) is 26.2 Å². The van der Waals surface area contributed by atoms with Crippen LogP contribution in [0, 0.1) is 5.92 Å². The van der Waals surface area contributed by atoms with E-state index in [0.717, 1.165) is 39.0 Å². The highest BCUT2D eigenvalue weighted by Crippen LogP contribution is 2.19. The molecule has 16 heavy (non-hydrogen) atoms. The van der Waals surface area contributed by atoms with E-state index >= 15 is 0 Å². The predicted octanol–water partition coefficient (Wildman–Crippen LogP) is 0.622. The summed E-state index contributed by atoms with van der Waals surface area (Å²) in [6.45, 7) is 7.55. The van der Waals surface area contributed by atoms with Gasteiger partial charge < -0.3 is 15.0 Å². The number of ether oxygens (including phenoxy) is 1. The third kappa shape index (κ3) is 2.74. The van der Waals surface area contributed by atoms with Crippen molar-refractivity contribution < 1.29 is 9.53 Å². The SMILES string of the molecule is C[C@@H]1CN(C(=O)C2CCNCC2)C[C@H](C)O1. The zero-order valence-electron chi connectivity index (χ0n) is 10.2. The molecule has 2 saturated heterocycles. The Morgan fingerprint density at radius 1 is 1.19 bits per heavy atom. The van der Waals surface area contributed by atoms with Gasteiger partial charge in [-0.1, -0.05) is 0 Å². The number of nitrogens with one attached hydrogen (secondary N) is 1. The van der Waals surface area contributed by atoms with Crippen molar-refractivity contribution in [3.8, 4) is 0 Å². The van der Waals surface area contributed by atoms with Crippen LogP contribution < -0.4 is 5.32 Å². The molecule has 2 atom stereocenters. The fourth-order valence-corrected chi connectivity index (χ4v) is 2.68. The molecule has 2 aliphatic rings. The van der Waals surface area contributed by atoms with Crippen LogP contribution in [0.3, 0.4) is 0 Å². The number of nitrogens with zero attached hydrogens (tertiary/aromatic N) is 1. The monoisotopic (exact) mass is 226 g/mol. The summed E-state index contributed by atoms with van der Waals surface area (Å²) in [4.78, 5) is 14.3. The molecule has 2 rings (SSSR count). The van der Waals surface area contributed by atoms with Gasteiger partial charge in [0.1, 0.15) is 0 Å². The molecule has 1 N–H and O–H groups in total. The lowest BCUT2D eigenvalue weighted by Crippen LogP contribution is -2.51. The van der Waals surface area contributed by atoms with E-state index in [0.29, 0.717) is 5.91 Å². The van der Waals surface area contributed by atoms with E-state index in [1.54, 1.807) is 0 Å². The van der Waals surface area contributed by atoms with Crippen molar-refractivity contribution in [3.63, 3.8) is 0 Å². The molecule has 0 aliphatic carbocycles. The van der Waals surface area contributed by atoms with Crippen LogP contribution in [0.1, 0.15) is 26.7 Å². The van der Waals surface area contributed by atoms with Gasteiger partial charge in [-0.3, -0.25) is 4.79 Å². The quantitative estimate of drug-likeness (QED) is 0.713. The third-order valence-electron chi connectivity index (χ3n) is 3.42. The lowest BCUT2D eigenvalue weighted by Gasteiger charge is -2.37. The van der Waals surface area contributed by atoms with Crippen molar-refractivity contribution >= 4 is 5.91 Å². The number of rotatable bonds is 1. The smallest absolute Gasteiger partial charge is 0.225 e. The number of amides is 1. The van der Waals surface area contributed by atoms with E-state index in [9.17, 15) is 4.79 Å². The van der Waals surface area contributed by atoms with Gasteiger partial charge in [-0.2, -0.15) is 0 Å². The van der Waals surface area contributed by atoms with Gasteiger partial charge in [-0.25, -0.2) is 0 Å². The molecule has 0 aromatic rings. The molecule has 0 aromatic heterocycles. The standard InChI is InChI=1S/C12H22N2O2/c1-9-7-14(8-10(2)16-9)12(15)11-3-5-13-6-4-11/h9-11,13H,3-8H2,1-2H3/t9-,10+. The molecule has 0 spiro atoms. The van der Waals surface area contributed by atoms with Crippen LogP contribution in [-0.4, -0.2) is 49.2 Å². The first-order chi connectivity index (χ1) is 7.66. The summed E-state index contributed by atoms with van der Waals surface area (Å²) < 4.78 is 5.65. The Kier molecular flexibility index (Phi) is 3.82. The molecular weight excluding hydrogens is 204 g/mol. The second kappa shape index (κ2) is 5.15. The normalized spacial score (nSPS) is 32.8. The Hall–Kier alpha value is -0.610. The van der Waals surface area contributed by atoms with Gasteiger partial charge in [-0.15, -0.1) is 0 Å². The summed E-state index contributed by atoms with van der Waals surface area (Å²) in [5, 5.41) is 3.29. The van der Waals surface area contributed by atoms with Gasteiger partial charge in [0.15, 0.2) is 0 Å². The zero-order valence-corrected chi connectivity index (χ0v) is 10.2. The van der Waals surface area contributed by atoms with E-state index in [2.05, 4.69) is 5.32 Å². The number of hydrogen-bond acceptors (Lipinski definition) is 3. The number of morpholine rings is 1. The maximum atomic E-state index is 12.3. The predicted molar refractivity (Wildman–Crippen MR) is 62.2 cm³/mol. The maximum absolute atomic E-state index is 12.3. The Labute approximate surface area is 97.3 Å². The number of piperidine rings is 1. The van der Waals surface area contributed by atoms with E-state index < -0.39 is 0 Å². The van der Waals surface area contributed by atoms with E-state index in [1.807, 2.05) is 18.7 Å². The molecule has 4 nitrogen and oxygen atoms in total. The van der Waals surface area contributed by atoms with Crippen LogP contribution in [0.2, 0.25) is 0 Å². The molecule has 0 radical (unpaired) electrons. The van der Waals surface area contributed by atoms with Crippen molar-refractivity contribution in [3.05, 3.63) is 0 Å². The first-order valence-electron chi connectivity index (χ1n) is 6.32. The highest BCUT2D eigenvalue weighted by Gasteiger charge is 2.30. The van der Waals surface area contributed by atoms with Crippen LogP contribution >= 0.6 is 0 Å². The van der Waals surface area contributed by atoms with Crippen LogP contribution in [0.4, 0.5) is 0 Å². The van der Waals surface area contributed by atoms with Crippen molar-refractivity contribution in [1.29, 1.82) is 0 Å². The van der Waals surface area contributed by atoms with Gasteiger partial charge in [0, 0.05) is 19.0 Å². The summed E-state index contributed by atoms with van der Waals surface area (Å²) >= 11 is 0. The minimum atomic E-state index is 0.175. The van der Waals surface area contributed by atoms with Crippen LogP contribution in [0.25, 0.3) is 0 Å². The second-order valence-corrected chi connectivity index (χ2v) is 5.02. The second-order valence-electron chi connectivity index (χ2n) is 5.02. The van der Waals surface area contributed by atoms with Gasteiger partial charge >= 0.3 is 0 Å². The third-order valence-corrected chi connectivity index (χ3v) is 3.42. The Morgan fingerprint density at radius 2 is 1.75 bits per heavy atom. The minimum absolute atomic E-state index is 0.175. The number of hydrogen-bond donors (Lipinski definition) is 1. The lowest BCUT2D eigenvalue weighted by molar-refractivity contribution is -0.148. The van der Waals surface area contributed by atoms with E-state index in [-0.39, 0.29) is 18.1 Å². The highest BCUT2D eigenvalue weighted by atomic mass is 16.5. The topological polar surface area (TPSA) is 41.6 Å².